The molecular weight excluding hydrogens is 392 g/mol. The van der Waals surface area contributed by atoms with E-state index in [0.717, 1.165) is 13.0 Å². The standard InChI is InChI=1S/C19H30N6O5/c1-10(2)15(25-17(27)13-5-4-6-21-13)18(28)23-11(3)16(26)24-14(19(29)30)7-12-8-20-9-22-12/h8-11,13-15,21H,4-7H2,1-3H3,(H,20,22)(H,23,28)(H,24,26)(H,25,27)(H,29,30). The Kier molecular flexibility index (Phi) is 8.34. The Morgan fingerprint density at radius 1 is 1.17 bits per heavy atom. The number of aliphatic carboxylic acids is 1. The van der Waals surface area contributed by atoms with Crippen molar-refractivity contribution < 1.29 is 24.3 Å². The average molecular weight is 422 g/mol. The first-order valence-electron chi connectivity index (χ1n) is 10.0. The van der Waals surface area contributed by atoms with E-state index in [1.54, 1.807) is 13.8 Å². The van der Waals surface area contributed by atoms with Crippen molar-refractivity contribution >= 4 is 23.7 Å². The monoisotopic (exact) mass is 422 g/mol. The zero-order chi connectivity index (χ0) is 22.3. The van der Waals surface area contributed by atoms with Gasteiger partial charge in [-0.05, 0) is 32.2 Å². The number of carbonyl (C=O) groups is 4. The van der Waals surface area contributed by atoms with E-state index >= 15 is 0 Å². The Hall–Kier alpha value is -2.95. The molecule has 2 rings (SSSR count). The number of aromatic amines is 1. The summed E-state index contributed by atoms with van der Waals surface area (Å²) in [5, 5.41) is 20.2. The zero-order valence-corrected chi connectivity index (χ0v) is 17.4. The van der Waals surface area contributed by atoms with Crippen molar-refractivity contribution in [2.24, 2.45) is 5.92 Å². The van der Waals surface area contributed by atoms with Gasteiger partial charge in [-0.25, -0.2) is 9.78 Å². The molecule has 0 bridgehead atoms. The van der Waals surface area contributed by atoms with Gasteiger partial charge in [-0.2, -0.15) is 0 Å². The van der Waals surface area contributed by atoms with Gasteiger partial charge in [-0.1, -0.05) is 13.8 Å². The molecule has 1 saturated heterocycles. The first kappa shape index (κ1) is 23.3. The number of H-pyrrole nitrogens is 1. The molecule has 1 fully saturated rings. The summed E-state index contributed by atoms with van der Waals surface area (Å²) in [7, 11) is 0. The molecule has 0 radical (unpaired) electrons. The number of hydrogen-bond acceptors (Lipinski definition) is 6. The van der Waals surface area contributed by atoms with E-state index < -0.39 is 35.9 Å². The molecule has 0 aliphatic carbocycles. The molecule has 1 aromatic heterocycles. The molecule has 3 amide bonds. The van der Waals surface area contributed by atoms with Gasteiger partial charge in [0.25, 0.3) is 0 Å². The van der Waals surface area contributed by atoms with E-state index in [9.17, 15) is 24.3 Å². The van der Waals surface area contributed by atoms with Crippen molar-refractivity contribution in [3.63, 3.8) is 0 Å². The van der Waals surface area contributed by atoms with Crippen molar-refractivity contribution in [2.45, 2.75) is 64.2 Å². The maximum Gasteiger partial charge on any atom is 0.326 e. The van der Waals surface area contributed by atoms with Crippen LogP contribution >= 0.6 is 0 Å². The Morgan fingerprint density at radius 2 is 1.90 bits per heavy atom. The van der Waals surface area contributed by atoms with Crippen LogP contribution in [-0.4, -0.2) is 69.5 Å². The van der Waals surface area contributed by atoms with Crippen molar-refractivity contribution in [2.75, 3.05) is 6.54 Å². The number of carboxylic acids is 1. The molecule has 1 aliphatic rings. The summed E-state index contributed by atoms with van der Waals surface area (Å²) >= 11 is 0. The van der Waals surface area contributed by atoms with Gasteiger partial charge < -0.3 is 31.4 Å². The Balaban J connectivity index is 1.92. The number of imidazole rings is 1. The van der Waals surface area contributed by atoms with E-state index in [-0.39, 0.29) is 24.3 Å². The summed E-state index contributed by atoms with van der Waals surface area (Å²) in [6, 6.07) is -3.29. The van der Waals surface area contributed by atoms with Crippen LogP contribution in [-0.2, 0) is 25.6 Å². The van der Waals surface area contributed by atoms with E-state index in [4.69, 9.17) is 0 Å². The molecule has 1 aromatic rings. The highest BCUT2D eigenvalue weighted by molar-refractivity contribution is 5.94. The van der Waals surface area contributed by atoms with Gasteiger partial charge in [0.05, 0.1) is 12.4 Å². The lowest BCUT2D eigenvalue weighted by Crippen LogP contribution is -2.57. The number of carbonyl (C=O) groups excluding carboxylic acids is 3. The molecule has 1 aliphatic heterocycles. The predicted octanol–water partition coefficient (Wildman–Crippen LogP) is -1.08. The first-order chi connectivity index (χ1) is 14.2. The highest BCUT2D eigenvalue weighted by Gasteiger charge is 2.31. The molecule has 11 nitrogen and oxygen atoms in total. The van der Waals surface area contributed by atoms with Crippen LogP contribution in [0, 0.1) is 5.92 Å². The maximum atomic E-state index is 12.7. The number of nitrogens with one attached hydrogen (secondary N) is 5. The lowest BCUT2D eigenvalue weighted by atomic mass is 10.0. The first-order valence-corrected chi connectivity index (χ1v) is 10.0. The van der Waals surface area contributed by atoms with Crippen LogP contribution < -0.4 is 21.3 Å². The molecule has 6 N–H and O–H groups in total. The van der Waals surface area contributed by atoms with Crippen LogP contribution in [0.3, 0.4) is 0 Å². The third-order valence-electron chi connectivity index (χ3n) is 4.97. The Bertz CT molecular complexity index is 745. The van der Waals surface area contributed by atoms with Crippen LogP contribution in [0.4, 0.5) is 0 Å². The summed E-state index contributed by atoms with van der Waals surface area (Å²) in [6.07, 6.45) is 4.53. The third-order valence-corrected chi connectivity index (χ3v) is 4.97. The molecule has 11 heteroatoms. The van der Waals surface area contributed by atoms with Crippen molar-refractivity contribution in [1.29, 1.82) is 0 Å². The minimum absolute atomic E-state index is 0.0286. The SMILES string of the molecule is CC(NC(=O)C(NC(=O)C1CCCN1)C(C)C)C(=O)NC(Cc1cnc[nH]1)C(=O)O. The lowest BCUT2D eigenvalue weighted by molar-refractivity contribution is -0.142. The van der Waals surface area contributed by atoms with Gasteiger partial charge in [0, 0.05) is 18.3 Å². The quantitative estimate of drug-likeness (QED) is 0.279. The minimum Gasteiger partial charge on any atom is -0.480 e. The minimum atomic E-state index is -1.20. The molecule has 4 unspecified atom stereocenters. The summed E-state index contributed by atoms with van der Waals surface area (Å²) in [4.78, 5) is 55.5. The fourth-order valence-electron chi connectivity index (χ4n) is 3.18. The fourth-order valence-corrected chi connectivity index (χ4v) is 3.18. The van der Waals surface area contributed by atoms with Gasteiger partial charge in [-0.15, -0.1) is 0 Å². The van der Waals surface area contributed by atoms with Crippen LogP contribution in [0.15, 0.2) is 12.5 Å². The van der Waals surface area contributed by atoms with Crippen molar-refractivity contribution in [3.05, 3.63) is 18.2 Å². The number of nitrogens with zero attached hydrogens (tertiary/aromatic N) is 1. The highest BCUT2D eigenvalue weighted by Crippen LogP contribution is 2.08. The van der Waals surface area contributed by atoms with E-state index in [1.807, 2.05) is 0 Å². The molecular formula is C19H30N6O5. The molecule has 30 heavy (non-hydrogen) atoms. The maximum absolute atomic E-state index is 12.7. The van der Waals surface area contributed by atoms with Crippen LogP contribution in [0.25, 0.3) is 0 Å². The summed E-state index contributed by atoms with van der Waals surface area (Å²) in [5.74, 6) is -2.78. The average Bonchev–Trinajstić information content (AvgIpc) is 3.38. The number of carboxylic acid groups (broad SMARTS) is 1. The molecule has 0 spiro atoms. The van der Waals surface area contributed by atoms with Crippen molar-refractivity contribution in [3.8, 4) is 0 Å². The van der Waals surface area contributed by atoms with E-state index in [2.05, 4.69) is 31.2 Å². The second-order valence-corrected chi connectivity index (χ2v) is 7.79. The summed E-state index contributed by atoms with van der Waals surface area (Å²) < 4.78 is 0. The molecule has 2 heterocycles. The number of amides is 3. The fraction of sp³-hybridized carbons (Fsp3) is 0.632. The van der Waals surface area contributed by atoms with Gasteiger partial charge >= 0.3 is 5.97 Å². The molecule has 4 atom stereocenters. The Morgan fingerprint density at radius 3 is 2.43 bits per heavy atom. The van der Waals surface area contributed by atoms with Gasteiger partial charge in [0.2, 0.25) is 17.7 Å². The second-order valence-electron chi connectivity index (χ2n) is 7.79. The van der Waals surface area contributed by atoms with E-state index in [1.165, 1.54) is 19.4 Å². The van der Waals surface area contributed by atoms with Gasteiger partial charge in [-0.3, -0.25) is 14.4 Å². The topological polar surface area (TPSA) is 165 Å². The van der Waals surface area contributed by atoms with Crippen molar-refractivity contribution in [1.82, 2.24) is 31.2 Å². The normalized spacial score (nSPS) is 19.0. The summed E-state index contributed by atoms with van der Waals surface area (Å²) in [6.45, 7) is 5.81. The van der Waals surface area contributed by atoms with Crippen LogP contribution in [0.5, 0.6) is 0 Å². The van der Waals surface area contributed by atoms with Crippen LogP contribution in [0.1, 0.15) is 39.3 Å². The predicted molar refractivity (Wildman–Crippen MR) is 107 cm³/mol. The molecule has 166 valence electrons. The summed E-state index contributed by atoms with van der Waals surface area (Å²) in [5.41, 5.74) is 0.558. The smallest absolute Gasteiger partial charge is 0.326 e. The Labute approximate surface area is 174 Å². The number of hydrogen-bond donors (Lipinski definition) is 6. The number of rotatable bonds is 10. The zero-order valence-electron chi connectivity index (χ0n) is 17.4. The lowest BCUT2D eigenvalue weighted by Gasteiger charge is -2.25. The third kappa shape index (κ3) is 6.55. The highest BCUT2D eigenvalue weighted by atomic mass is 16.4. The second kappa shape index (κ2) is 10.7. The molecule has 0 saturated carbocycles. The van der Waals surface area contributed by atoms with Gasteiger partial charge in [0.15, 0.2) is 0 Å². The van der Waals surface area contributed by atoms with E-state index in [0.29, 0.717) is 12.1 Å². The largest absolute Gasteiger partial charge is 0.480 e. The van der Waals surface area contributed by atoms with Gasteiger partial charge in [0.1, 0.15) is 18.1 Å². The van der Waals surface area contributed by atoms with Crippen LogP contribution in [0.2, 0.25) is 0 Å². The molecule has 0 aromatic carbocycles. The number of aromatic nitrogens is 2.